The molecule has 2 aromatic rings. The molecular formula is C17H19NO. The number of nitrogens with zero attached hydrogens (tertiary/aromatic N) is 1. The zero-order valence-electron chi connectivity index (χ0n) is 11.4. The number of para-hydroxylation sites is 1. The van der Waals surface area contributed by atoms with E-state index in [9.17, 15) is 5.11 Å². The summed E-state index contributed by atoms with van der Waals surface area (Å²) < 4.78 is 0. The zero-order chi connectivity index (χ0) is 13.7. The number of benzene rings is 2. The molecule has 0 aliphatic rings. The van der Waals surface area contributed by atoms with Gasteiger partial charge in [0, 0.05) is 18.3 Å². The first-order chi connectivity index (χ1) is 9.22. The average Bonchev–Trinajstić information content (AvgIpc) is 2.46. The van der Waals surface area contributed by atoms with E-state index >= 15 is 0 Å². The topological polar surface area (TPSA) is 32.6 Å². The van der Waals surface area contributed by atoms with Crippen molar-refractivity contribution in [2.24, 2.45) is 4.99 Å². The van der Waals surface area contributed by atoms with Crippen LogP contribution in [0, 0.1) is 0 Å². The fourth-order valence-corrected chi connectivity index (χ4v) is 2.23. The van der Waals surface area contributed by atoms with E-state index in [1.54, 1.807) is 13.1 Å². The molecule has 1 N–H and O–H groups in total. The molecule has 0 saturated carbocycles. The number of phenols is 1. The van der Waals surface area contributed by atoms with Crippen LogP contribution in [-0.2, 0) is 0 Å². The first-order valence-corrected chi connectivity index (χ1v) is 6.51. The second-order valence-electron chi connectivity index (χ2n) is 4.70. The maximum Gasteiger partial charge on any atom is 0.124 e. The molecule has 0 amide bonds. The monoisotopic (exact) mass is 253 g/mol. The lowest BCUT2D eigenvalue weighted by Gasteiger charge is -2.14. The van der Waals surface area contributed by atoms with Crippen molar-refractivity contribution in [2.45, 2.75) is 19.3 Å². The smallest absolute Gasteiger partial charge is 0.124 e. The van der Waals surface area contributed by atoms with E-state index < -0.39 is 0 Å². The minimum absolute atomic E-state index is 0.295. The molecule has 0 fully saturated rings. The maximum atomic E-state index is 9.91. The van der Waals surface area contributed by atoms with E-state index in [1.807, 2.05) is 24.3 Å². The fraction of sp³-hybridized carbons (Fsp3) is 0.235. The molecule has 2 aromatic carbocycles. The number of rotatable bonds is 4. The average molecular weight is 253 g/mol. The van der Waals surface area contributed by atoms with Crippen molar-refractivity contribution in [3.05, 3.63) is 65.7 Å². The summed E-state index contributed by atoms with van der Waals surface area (Å²) in [5, 5.41) is 9.91. The minimum Gasteiger partial charge on any atom is -0.507 e. The Balaban J connectivity index is 2.20. The van der Waals surface area contributed by atoms with Gasteiger partial charge in [0.25, 0.3) is 0 Å². The first kappa shape index (κ1) is 13.3. The Labute approximate surface area is 114 Å². The van der Waals surface area contributed by atoms with Gasteiger partial charge in [0.2, 0.25) is 0 Å². The molecule has 2 heteroatoms. The van der Waals surface area contributed by atoms with Crippen LogP contribution in [0.1, 0.15) is 30.4 Å². The van der Waals surface area contributed by atoms with Crippen LogP contribution in [-0.4, -0.2) is 17.9 Å². The summed E-state index contributed by atoms with van der Waals surface area (Å²) in [6.07, 6.45) is 0.818. The summed E-state index contributed by atoms with van der Waals surface area (Å²) in [5.41, 5.74) is 3.06. The van der Waals surface area contributed by atoms with Crippen molar-refractivity contribution in [1.29, 1.82) is 0 Å². The molecule has 0 spiro atoms. The second kappa shape index (κ2) is 6.19. The SMILES string of the molecule is CN=C(CC(C)c1ccccc1)c1ccccc1O. The largest absolute Gasteiger partial charge is 0.507 e. The summed E-state index contributed by atoms with van der Waals surface area (Å²) in [6.45, 7) is 2.18. The number of aromatic hydroxyl groups is 1. The van der Waals surface area contributed by atoms with Crippen LogP contribution in [0.4, 0.5) is 0 Å². The van der Waals surface area contributed by atoms with Crippen LogP contribution in [0.25, 0.3) is 0 Å². The van der Waals surface area contributed by atoms with E-state index in [-0.39, 0.29) is 0 Å². The minimum atomic E-state index is 0.295. The molecule has 0 aromatic heterocycles. The van der Waals surface area contributed by atoms with Gasteiger partial charge in [-0.25, -0.2) is 0 Å². The lowest BCUT2D eigenvalue weighted by Crippen LogP contribution is -2.06. The molecule has 0 aliphatic carbocycles. The van der Waals surface area contributed by atoms with Crippen molar-refractivity contribution < 1.29 is 5.11 Å². The van der Waals surface area contributed by atoms with Gasteiger partial charge in [-0.1, -0.05) is 49.4 Å². The highest BCUT2D eigenvalue weighted by Crippen LogP contribution is 2.25. The molecule has 98 valence electrons. The molecular weight excluding hydrogens is 234 g/mol. The van der Waals surface area contributed by atoms with Gasteiger partial charge in [-0.15, -0.1) is 0 Å². The Morgan fingerprint density at radius 2 is 1.68 bits per heavy atom. The number of hydrogen-bond acceptors (Lipinski definition) is 2. The zero-order valence-corrected chi connectivity index (χ0v) is 11.4. The van der Waals surface area contributed by atoms with Crippen LogP contribution in [0.2, 0.25) is 0 Å². The van der Waals surface area contributed by atoms with Gasteiger partial charge in [-0.05, 0) is 30.0 Å². The Bertz CT molecular complexity index is 560. The van der Waals surface area contributed by atoms with E-state index in [1.165, 1.54) is 5.56 Å². The lowest BCUT2D eigenvalue weighted by molar-refractivity contribution is 0.474. The van der Waals surface area contributed by atoms with Gasteiger partial charge in [-0.3, -0.25) is 4.99 Å². The third-order valence-electron chi connectivity index (χ3n) is 3.35. The third kappa shape index (κ3) is 3.22. The third-order valence-corrected chi connectivity index (χ3v) is 3.35. The molecule has 0 bridgehead atoms. The first-order valence-electron chi connectivity index (χ1n) is 6.51. The molecule has 0 heterocycles. The quantitative estimate of drug-likeness (QED) is 0.820. The fourth-order valence-electron chi connectivity index (χ4n) is 2.23. The molecule has 1 unspecified atom stereocenters. The van der Waals surface area contributed by atoms with Gasteiger partial charge in [0.15, 0.2) is 0 Å². The van der Waals surface area contributed by atoms with E-state index in [0.717, 1.165) is 17.7 Å². The van der Waals surface area contributed by atoms with E-state index in [0.29, 0.717) is 11.7 Å². The molecule has 1 atom stereocenters. The number of phenolic OH excluding ortho intramolecular Hbond substituents is 1. The van der Waals surface area contributed by atoms with Crippen LogP contribution < -0.4 is 0 Å². The summed E-state index contributed by atoms with van der Waals surface area (Å²) in [4.78, 5) is 4.34. The van der Waals surface area contributed by atoms with Crippen LogP contribution >= 0.6 is 0 Å². The van der Waals surface area contributed by atoms with Gasteiger partial charge in [0.05, 0.1) is 0 Å². The highest BCUT2D eigenvalue weighted by molar-refractivity contribution is 6.03. The standard InChI is InChI=1S/C17H19NO/c1-13(14-8-4-3-5-9-14)12-16(18-2)15-10-6-7-11-17(15)19/h3-11,13,19H,12H2,1-2H3. The van der Waals surface area contributed by atoms with Crippen molar-refractivity contribution in [3.8, 4) is 5.75 Å². The van der Waals surface area contributed by atoms with Crippen LogP contribution in [0.3, 0.4) is 0 Å². The van der Waals surface area contributed by atoms with Crippen molar-refractivity contribution in [3.63, 3.8) is 0 Å². The Morgan fingerprint density at radius 1 is 1.05 bits per heavy atom. The van der Waals surface area contributed by atoms with Crippen LogP contribution in [0.5, 0.6) is 5.75 Å². The summed E-state index contributed by atoms with van der Waals surface area (Å²) in [7, 11) is 1.78. The van der Waals surface area contributed by atoms with Crippen molar-refractivity contribution in [1.82, 2.24) is 0 Å². The molecule has 0 saturated heterocycles. The lowest BCUT2D eigenvalue weighted by atomic mass is 9.92. The van der Waals surface area contributed by atoms with Gasteiger partial charge in [-0.2, -0.15) is 0 Å². The number of aliphatic imine (C=N–C) groups is 1. The Kier molecular flexibility index (Phi) is 4.35. The van der Waals surface area contributed by atoms with Crippen molar-refractivity contribution >= 4 is 5.71 Å². The van der Waals surface area contributed by atoms with Crippen molar-refractivity contribution in [2.75, 3.05) is 7.05 Å². The molecule has 0 aliphatic heterocycles. The van der Waals surface area contributed by atoms with Gasteiger partial charge >= 0.3 is 0 Å². The van der Waals surface area contributed by atoms with Crippen LogP contribution in [0.15, 0.2) is 59.6 Å². The van der Waals surface area contributed by atoms with E-state index in [4.69, 9.17) is 0 Å². The number of hydrogen-bond donors (Lipinski definition) is 1. The highest BCUT2D eigenvalue weighted by Gasteiger charge is 2.13. The second-order valence-corrected chi connectivity index (χ2v) is 4.70. The van der Waals surface area contributed by atoms with Gasteiger partial charge < -0.3 is 5.11 Å². The highest BCUT2D eigenvalue weighted by atomic mass is 16.3. The molecule has 0 radical (unpaired) electrons. The maximum absolute atomic E-state index is 9.91. The Morgan fingerprint density at radius 3 is 2.32 bits per heavy atom. The molecule has 19 heavy (non-hydrogen) atoms. The summed E-state index contributed by atoms with van der Waals surface area (Å²) >= 11 is 0. The van der Waals surface area contributed by atoms with E-state index in [2.05, 4.69) is 36.2 Å². The Hall–Kier alpha value is -2.09. The van der Waals surface area contributed by atoms with Gasteiger partial charge in [0.1, 0.15) is 5.75 Å². The summed E-state index contributed by atoms with van der Waals surface area (Å²) in [5.74, 6) is 0.669. The predicted molar refractivity (Wildman–Crippen MR) is 80.0 cm³/mol. The predicted octanol–water partition coefficient (Wildman–Crippen LogP) is 4.00. The molecule has 2 nitrogen and oxygen atoms in total. The summed E-state index contributed by atoms with van der Waals surface area (Å²) in [6, 6.07) is 17.7. The molecule has 2 rings (SSSR count). The normalized spacial score (nSPS) is 13.3.